The highest BCUT2D eigenvalue weighted by Gasteiger charge is 2.40. The SMILES string of the molecule is CC(C)(C)OC(=O)NC(CCCCOS(C)(=O)=O)C(=O)N1CCC1C(=O)NCc1ccc2[nH]cc(Cl)c2c1. The van der Waals surface area contributed by atoms with Gasteiger partial charge in [0.2, 0.25) is 11.8 Å². The molecular formula is C25H35ClN4O7S. The summed E-state index contributed by atoms with van der Waals surface area (Å²) in [4.78, 5) is 43.1. The number of likely N-dealkylation sites (tertiary alicyclic amines) is 1. The molecule has 2 heterocycles. The lowest BCUT2D eigenvalue weighted by Gasteiger charge is -2.41. The predicted octanol–water partition coefficient (Wildman–Crippen LogP) is 3.08. The number of ether oxygens (including phenoxy) is 1. The Kier molecular flexibility index (Phi) is 9.66. The first-order valence-electron chi connectivity index (χ1n) is 12.4. The Bertz CT molecular complexity index is 1270. The number of carbonyl (C=O) groups excluding carboxylic acids is 3. The monoisotopic (exact) mass is 570 g/mol. The molecule has 1 aromatic heterocycles. The van der Waals surface area contributed by atoms with Crippen LogP contribution in [0.1, 0.15) is 52.0 Å². The third-order valence-electron chi connectivity index (χ3n) is 5.94. The van der Waals surface area contributed by atoms with Crippen LogP contribution in [0, 0.1) is 0 Å². The molecule has 38 heavy (non-hydrogen) atoms. The number of carbonyl (C=O) groups is 3. The van der Waals surface area contributed by atoms with Crippen molar-refractivity contribution < 1.29 is 31.7 Å². The molecule has 3 N–H and O–H groups in total. The summed E-state index contributed by atoms with van der Waals surface area (Å²) in [6, 6.07) is 4.07. The van der Waals surface area contributed by atoms with Crippen molar-refractivity contribution in [2.75, 3.05) is 19.4 Å². The molecule has 1 saturated heterocycles. The zero-order valence-electron chi connectivity index (χ0n) is 22.0. The van der Waals surface area contributed by atoms with E-state index in [1.54, 1.807) is 27.0 Å². The maximum absolute atomic E-state index is 13.3. The van der Waals surface area contributed by atoms with E-state index in [9.17, 15) is 22.8 Å². The highest BCUT2D eigenvalue weighted by molar-refractivity contribution is 7.85. The summed E-state index contributed by atoms with van der Waals surface area (Å²) in [5.74, 6) is -0.686. The van der Waals surface area contributed by atoms with E-state index in [2.05, 4.69) is 15.6 Å². The summed E-state index contributed by atoms with van der Waals surface area (Å²) in [6.07, 6.45) is 3.43. The number of aromatic amines is 1. The number of rotatable bonds is 11. The zero-order chi connectivity index (χ0) is 28.1. The Labute approximate surface area is 227 Å². The van der Waals surface area contributed by atoms with Gasteiger partial charge in [-0.25, -0.2) is 4.79 Å². The highest BCUT2D eigenvalue weighted by atomic mass is 35.5. The minimum absolute atomic E-state index is 0.0271. The van der Waals surface area contributed by atoms with Crippen LogP contribution in [-0.2, 0) is 35.2 Å². The minimum atomic E-state index is -3.56. The van der Waals surface area contributed by atoms with Gasteiger partial charge in [-0.1, -0.05) is 17.7 Å². The molecule has 13 heteroatoms. The smallest absolute Gasteiger partial charge is 0.408 e. The number of hydrogen-bond donors (Lipinski definition) is 3. The molecule has 0 saturated carbocycles. The molecule has 1 aromatic carbocycles. The second-order valence-electron chi connectivity index (χ2n) is 10.3. The van der Waals surface area contributed by atoms with Crippen LogP contribution < -0.4 is 10.6 Å². The molecule has 2 aromatic rings. The van der Waals surface area contributed by atoms with E-state index in [-0.39, 0.29) is 25.5 Å². The maximum atomic E-state index is 13.3. The van der Waals surface area contributed by atoms with Crippen LogP contribution >= 0.6 is 11.6 Å². The van der Waals surface area contributed by atoms with E-state index < -0.39 is 39.8 Å². The molecule has 2 unspecified atom stereocenters. The van der Waals surface area contributed by atoms with Crippen molar-refractivity contribution in [3.63, 3.8) is 0 Å². The highest BCUT2D eigenvalue weighted by Crippen LogP contribution is 2.24. The van der Waals surface area contributed by atoms with Crippen LogP contribution in [0.15, 0.2) is 24.4 Å². The molecule has 1 aliphatic rings. The summed E-state index contributed by atoms with van der Waals surface area (Å²) in [7, 11) is -3.56. The Hall–Kier alpha value is -2.83. The molecule has 0 spiro atoms. The van der Waals surface area contributed by atoms with Crippen LogP contribution in [0.5, 0.6) is 0 Å². The molecule has 0 aliphatic carbocycles. The fourth-order valence-electron chi connectivity index (χ4n) is 4.04. The molecule has 3 amide bonds. The van der Waals surface area contributed by atoms with Gasteiger partial charge in [-0.05, 0) is 64.2 Å². The number of aromatic nitrogens is 1. The van der Waals surface area contributed by atoms with Crippen LogP contribution in [0.25, 0.3) is 10.9 Å². The third-order valence-corrected chi connectivity index (χ3v) is 6.85. The van der Waals surface area contributed by atoms with E-state index in [1.807, 2.05) is 18.2 Å². The molecule has 11 nitrogen and oxygen atoms in total. The van der Waals surface area contributed by atoms with Crippen molar-refractivity contribution in [1.82, 2.24) is 20.5 Å². The lowest BCUT2D eigenvalue weighted by Crippen LogP contribution is -2.62. The molecule has 2 atom stereocenters. The number of fused-ring (bicyclic) bond motifs is 1. The van der Waals surface area contributed by atoms with Crippen LogP contribution in [0.4, 0.5) is 4.79 Å². The number of amides is 3. The molecular weight excluding hydrogens is 536 g/mol. The first-order valence-corrected chi connectivity index (χ1v) is 14.6. The average molecular weight is 571 g/mol. The van der Waals surface area contributed by atoms with Gasteiger partial charge in [-0.3, -0.25) is 13.8 Å². The molecule has 0 bridgehead atoms. The van der Waals surface area contributed by atoms with Gasteiger partial charge in [-0.15, -0.1) is 0 Å². The Morgan fingerprint density at radius 2 is 1.97 bits per heavy atom. The number of nitrogens with zero attached hydrogens (tertiary/aromatic N) is 1. The Balaban J connectivity index is 1.59. The number of unbranched alkanes of at least 4 members (excludes halogenated alkanes) is 1. The van der Waals surface area contributed by atoms with E-state index >= 15 is 0 Å². The summed E-state index contributed by atoms with van der Waals surface area (Å²) >= 11 is 6.18. The fourth-order valence-corrected chi connectivity index (χ4v) is 4.67. The molecule has 210 valence electrons. The van der Waals surface area contributed by atoms with Gasteiger partial charge in [0.25, 0.3) is 10.1 Å². The van der Waals surface area contributed by atoms with E-state index in [4.69, 9.17) is 20.5 Å². The lowest BCUT2D eigenvalue weighted by atomic mass is 9.98. The second kappa shape index (κ2) is 12.4. The molecule has 1 aliphatic heterocycles. The van der Waals surface area contributed by atoms with Crippen molar-refractivity contribution in [2.45, 2.75) is 70.7 Å². The van der Waals surface area contributed by atoms with Crippen molar-refractivity contribution >= 4 is 50.5 Å². The number of benzene rings is 1. The maximum Gasteiger partial charge on any atom is 0.408 e. The zero-order valence-corrected chi connectivity index (χ0v) is 23.6. The summed E-state index contributed by atoms with van der Waals surface area (Å²) < 4.78 is 32.3. The summed E-state index contributed by atoms with van der Waals surface area (Å²) in [5, 5.41) is 6.93. The van der Waals surface area contributed by atoms with Crippen molar-refractivity contribution in [1.29, 1.82) is 0 Å². The van der Waals surface area contributed by atoms with Gasteiger partial charge in [0.15, 0.2) is 0 Å². The standard InChI is InChI=1S/C25H35ClN4O7S/c1-25(2,3)37-24(33)29-20(7-5-6-12-36-38(4,34)35)23(32)30-11-10-21(30)22(31)28-14-16-8-9-19-17(13-16)18(26)15-27-19/h8-9,13,15,20-21,27H,5-7,10-12,14H2,1-4H3,(H,28,31)(H,29,33). The summed E-state index contributed by atoms with van der Waals surface area (Å²) in [6.45, 7) is 5.76. The fraction of sp³-hybridized carbons (Fsp3) is 0.560. The molecule has 3 rings (SSSR count). The van der Waals surface area contributed by atoms with Gasteiger partial charge in [0.1, 0.15) is 17.7 Å². The Morgan fingerprint density at radius 3 is 2.61 bits per heavy atom. The number of halogens is 1. The largest absolute Gasteiger partial charge is 0.444 e. The lowest BCUT2D eigenvalue weighted by molar-refractivity contribution is -0.149. The summed E-state index contributed by atoms with van der Waals surface area (Å²) in [5.41, 5.74) is 1.01. The molecule has 1 fully saturated rings. The number of hydrogen-bond acceptors (Lipinski definition) is 7. The van der Waals surface area contributed by atoms with E-state index in [0.29, 0.717) is 30.8 Å². The minimum Gasteiger partial charge on any atom is -0.444 e. The first-order chi connectivity index (χ1) is 17.7. The van der Waals surface area contributed by atoms with E-state index in [1.165, 1.54) is 4.90 Å². The van der Waals surface area contributed by atoms with Crippen molar-refractivity contribution in [3.05, 3.63) is 35.0 Å². The third kappa shape index (κ3) is 8.60. The van der Waals surface area contributed by atoms with Crippen molar-refractivity contribution in [2.24, 2.45) is 0 Å². The van der Waals surface area contributed by atoms with Gasteiger partial charge in [0, 0.05) is 30.2 Å². The van der Waals surface area contributed by atoms with E-state index in [0.717, 1.165) is 22.7 Å². The van der Waals surface area contributed by atoms with Gasteiger partial charge < -0.3 is 25.3 Å². The number of H-pyrrole nitrogens is 1. The quantitative estimate of drug-likeness (QED) is 0.278. The predicted molar refractivity (Wildman–Crippen MR) is 143 cm³/mol. The second-order valence-corrected chi connectivity index (χ2v) is 12.3. The molecule has 0 radical (unpaired) electrons. The van der Waals surface area contributed by atoms with Crippen LogP contribution in [0.2, 0.25) is 5.02 Å². The Morgan fingerprint density at radius 1 is 1.24 bits per heavy atom. The van der Waals surface area contributed by atoms with Gasteiger partial charge >= 0.3 is 6.09 Å². The average Bonchev–Trinajstić information content (AvgIpc) is 3.14. The first kappa shape index (κ1) is 29.7. The number of nitrogens with one attached hydrogen (secondary N) is 3. The van der Waals surface area contributed by atoms with Crippen LogP contribution in [0.3, 0.4) is 0 Å². The van der Waals surface area contributed by atoms with Gasteiger partial charge in [-0.2, -0.15) is 8.42 Å². The number of alkyl carbamates (subject to hydrolysis) is 1. The topological polar surface area (TPSA) is 147 Å². The van der Waals surface area contributed by atoms with Crippen molar-refractivity contribution in [3.8, 4) is 0 Å². The van der Waals surface area contributed by atoms with Crippen LogP contribution in [-0.4, -0.2) is 73.3 Å². The van der Waals surface area contributed by atoms with Gasteiger partial charge in [0.05, 0.1) is 17.9 Å². The normalized spacial score (nSPS) is 16.6.